The van der Waals surface area contributed by atoms with Crippen molar-refractivity contribution in [2.75, 3.05) is 11.1 Å². The Hall–Kier alpha value is -1.96. The molecule has 1 fully saturated rings. The first-order valence-electron chi connectivity index (χ1n) is 7.62. The fraction of sp³-hybridized carbons (Fsp3) is 0.467. The van der Waals surface area contributed by atoms with Gasteiger partial charge in [-0.25, -0.2) is 9.07 Å². The first kappa shape index (κ1) is 15.9. The molecule has 1 aromatic heterocycles. The van der Waals surface area contributed by atoms with Crippen LogP contribution in [-0.4, -0.2) is 31.9 Å². The third-order valence-corrected chi connectivity index (χ3v) is 4.75. The van der Waals surface area contributed by atoms with E-state index in [9.17, 15) is 9.18 Å². The molecular formula is C15H18FN5OS. The molecule has 0 radical (unpaired) electrons. The van der Waals surface area contributed by atoms with Crippen molar-refractivity contribution in [3.8, 4) is 0 Å². The van der Waals surface area contributed by atoms with Gasteiger partial charge >= 0.3 is 0 Å². The van der Waals surface area contributed by atoms with Crippen LogP contribution >= 0.6 is 11.8 Å². The van der Waals surface area contributed by atoms with Gasteiger partial charge in [-0.2, -0.15) is 0 Å². The molecule has 6 nitrogen and oxygen atoms in total. The molecule has 0 aliphatic heterocycles. The molecule has 0 unspecified atom stereocenters. The lowest BCUT2D eigenvalue weighted by Crippen LogP contribution is -2.15. The lowest BCUT2D eigenvalue weighted by Gasteiger charge is -2.11. The molecule has 122 valence electrons. The molecule has 2 aromatic rings. The number of hydrogen-bond acceptors (Lipinski definition) is 5. The fourth-order valence-corrected chi connectivity index (χ4v) is 3.44. The number of thioether (sulfide) groups is 1. The molecule has 1 aliphatic carbocycles. The van der Waals surface area contributed by atoms with E-state index in [1.54, 1.807) is 12.1 Å². The summed E-state index contributed by atoms with van der Waals surface area (Å²) >= 11 is 1.46. The Morgan fingerprint density at radius 1 is 1.30 bits per heavy atom. The van der Waals surface area contributed by atoms with E-state index in [-0.39, 0.29) is 11.7 Å². The quantitative estimate of drug-likeness (QED) is 0.879. The Labute approximate surface area is 137 Å². The summed E-state index contributed by atoms with van der Waals surface area (Å²) in [5, 5.41) is 14.6. The summed E-state index contributed by atoms with van der Waals surface area (Å²) in [7, 11) is 0. The zero-order valence-corrected chi connectivity index (χ0v) is 13.4. The number of halogens is 1. The number of amides is 1. The second-order valence-corrected chi connectivity index (χ2v) is 6.51. The lowest BCUT2D eigenvalue weighted by atomic mass is 10.2. The number of nitrogens with zero attached hydrogens (tertiary/aromatic N) is 4. The van der Waals surface area contributed by atoms with E-state index >= 15 is 0 Å². The largest absolute Gasteiger partial charge is 0.325 e. The number of benzene rings is 1. The smallest absolute Gasteiger partial charge is 0.234 e. The minimum absolute atomic E-state index is 0.124. The van der Waals surface area contributed by atoms with Crippen LogP contribution in [0.4, 0.5) is 10.1 Å². The summed E-state index contributed by atoms with van der Waals surface area (Å²) in [5.41, 5.74) is 0.591. The third-order valence-electron chi connectivity index (χ3n) is 3.82. The van der Waals surface area contributed by atoms with Crippen molar-refractivity contribution in [2.45, 2.75) is 37.5 Å². The van der Waals surface area contributed by atoms with E-state index in [0.29, 0.717) is 23.2 Å². The van der Waals surface area contributed by atoms with Crippen molar-refractivity contribution >= 4 is 23.4 Å². The van der Waals surface area contributed by atoms with Crippen LogP contribution in [-0.2, 0) is 10.5 Å². The minimum atomic E-state index is -0.323. The van der Waals surface area contributed by atoms with Crippen LogP contribution in [0.3, 0.4) is 0 Å². The Kier molecular flexibility index (Phi) is 5.22. The Morgan fingerprint density at radius 2 is 2.04 bits per heavy atom. The SMILES string of the molecule is O=C(CSCc1nnnn1C1CCCC1)Nc1ccc(F)cc1. The van der Waals surface area contributed by atoms with Crippen LogP contribution in [0, 0.1) is 5.82 Å². The van der Waals surface area contributed by atoms with Gasteiger partial charge in [-0.15, -0.1) is 16.9 Å². The summed E-state index contributed by atoms with van der Waals surface area (Å²) < 4.78 is 14.7. The molecule has 1 aliphatic rings. The van der Waals surface area contributed by atoms with Crippen molar-refractivity contribution < 1.29 is 9.18 Å². The van der Waals surface area contributed by atoms with E-state index < -0.39 is 0 Å². The Morgan fingerprint density at radius 3 is 2.78 bits per heavy atom. The van der Waals surface area contributed by atoms with Crippen LogP contribution in [0.25, 0.3) is 0 Å². The highest BCUT2D eigenvalue weighted by Gasteiger charge is 2.21. The maximum Gasteiger partial charge on any atom is 0.234 e. The number of rotatable bonds is 6. The minimum Gasteiger partial charge on any atom is -0.325 e. The average Bonchev–Trinajstić information content (AvgIpc) is 3.20. The number of anilines is 1. The molecule has 23 heavy (non-hydrogen) atoms. The van der Waals surface area contributed by atoms with Crippen LogP contribution < -0.4 is 5.32 Å². The number of tetrazole rings is 1. The highest BCUT2D eigenvalue weighted by atomic mass is 32.2. The van der Waals surface area contributed by atoms with E-state index in [1.165, 1.54) is 36.7 Å². The van der Waals surface area contributed by atoms with Gasteiger partial charge < -0.3 is 5.32 Å². The van der Waals surface area contributed by atoms with Gasteiger partial charge in [-0.3, -0.25) is 4.79 Å². The van der Waals surface area contributed by atoms with E-state index in [1.807, 2.05) is 4.68 Å². The molecule has 0 spiro atoms. The first-order chi connectivity index (χ1) is 11.2. The van der Waals surface area contributed by atoms with Crippen molar-refractivity contribution in [3.05, 3.63) is 35.9 Å². The van der Waals surface area contributed by atoms with Gasteiger partial charge in [0.2, 0.25) is 5.91 Å². The van der Waals surface area contributed by atoms with E-state index in [2.05, 4.69) is 20.8 Å². The first-order valence-corrected chi connectivity index (χ1v) is 8.78. The Bertz CT molecular complexity index is 654. The molecular weight excluding hydrogens is 317 g/mol. The highest BCUT2D eigenvalue weighted by molar-refractivity contribution is 7.99. The zero-order valence-electron chi connectivity index (χ0n) is 12.6. The number of hydrogen-bond donors (Lipinski definition) is 1. The number of aromatic nitrogens is 4. The lowest BCUT2D eigenvalue weighted by molar-refractivity contribution is -0.113. The Balaban J connectivity index is 1.47. The van der Waals surface area contributed by atoms with Crippen molar-refractivity contribution in [3.63, 3.8) is 0 Å². The van der Waals surface area contributed by atoms with Gasteiger partial charge in [-0.05, 0) is 47.5 Å². The number of nitrogens with one attached hydrogen (secondary N) is 1. The maximum absolute atomic E-state index is 12.8. The molecule has 1 N–H and O–H groups in total. The number of carbonyl (C=O) groups is 1. The van der Waals surface area contributed by atoms with E-state index in [0.717, 1.165) is 18.7 Å². The standard InChI is InChI=1S/C15H18FN5OS/c16-11-5-7-12(8-6-11)17-15(22)10-23-9-14-18-19-20-21(14)13-3-1-2-4-13/h5-8,13H,1-4,9-10H2,(H,17,22). The van der Waals surface area contributed by atoms with Crippen LogP contribution in [0.15, 0.2) is 24.3 Å². The van der Waals surface area contributed by atoms with Gasteiger partial charge in [0.1, 0.15) is 5.82 Å². The van der Waals surface area contributed by atoms with Crippen molar-refractivity contribution in [1.82, 2.24) is 20.2 Å². The zero-order chi connectivity index (χ0) is 16.1. The van der Waals surface area contributed by atoms with E-state index in [4.69, 9.17) is 0 Å². The molecule has 3 rings (SSSR count). The van der Waals surface area contributed by atoms with Gasteiger partial charge in [0.05, 0.1) is 17.5 Å². The maximum atomic E-state index is 12.8. The molecule has 0 bridgehead atoms. The normalized spacial score (nSPS) is 15.0. The molecule has 1 heterocycles. The average molecular weight is 335 g/mol. The molecule has 0 saturated heterocycles. The van der Waals surface area contributed by atoms with Gasteiger partial charge in [0, 0.05) is 5.69 Å². The summed E-state index contributed by atoms with van der Waals surface area (Å²) in [6.07, 6.45) is 4.68. The molecule has 1 amide bonds. The van der Waals surface area contributed by atoms with Crippen LogP contribution in [0.5, 0.6) is 0 Å². The van der Waals surface area contributed by atoms with Gasteiger partial charge in [0.25, 0.3) is 0 Å². The predicted octanol–water partition coefficient (Wildman–Crippen LogP) is 2.80. The summed E-state index contributed by atoms with van der Waals surface area (Å²) in [5.74, 6) is 1.27. The van der Waals surface area contributed by atoms with Crippen LogP contribution in [0.1, 0.15) is 37.5 Å². The number of carbonyl (C=O) groups excluding carboxylic acids is 1. The van der Waals surface area contributed by atoms with Crippen LogP contribution in [0.2, 0.25) is 0 Å². The topological polar surface area (TPSA) is 72.7 Å². The molecule has 1 aromatic carbocycles. The van der Waals surface area contributed by atoms with Gasteiger partial charge in [-0.1, -0.05) is 12.8 Å². The van der Waals surface area contributed by atoms with Gasteiger partial charge in [0.15, 0.2) is 5.82 Å². The molecule has 1 saturated carbocycles. The summed E-state index contributed by atoms with van der Waals surface area (Å²) in [6.45, 7) is 0. The third kappa shape index (κ3) is 4.28. The van der Waals surface area contributed by atoms with Crippen molar-refractivity contribution in [2.24, 2.45) is 0 Å². The second kappa shape index (κ2) is 7.54. The summed E-state index contributed by atoms with van der Waals surface area (Å²) in [6, 6.07) is 6.11. The monoisotopic (exact) mass is 335 g/mol. The molecule has 0 atom stereocenters. The highest BCUT2D eigenvalue weighted by Crippen LogP contribution is 2.29. The second-order valence-electron chi connectivity index (χ2n) is 5.53. The molecule has 8 heteroatoms. The predicted molar refractivity (Wildman–Crippen MR) is 86.5 cm³/mol. The summed E-state index contributed by atoms with van der Waals surface area (Å²) in [4.78, 5) is 11.9. The fourth-order valence-electron chi connectivity index (χ4n) is 2.71. The van der Waals surface area contributed by atoms with Crippen molar-refractivity contribution in [1.29, 1.82) is 0 Å².